The SMILES string of the molecule is Cc1cc(C)n2c1C=C1C=CC(CCC(=O)Oc3c(F)c(F)c(S(=O)(=O)[O-])c(F)c3F)=[N+]1C2.[Na+]. The largest absolute Gasteiger partial charge is 1.00 e. The van der Waals surface area contributed by atoms with Gasteiger partial charge in [0, 0.05) is 30.3 Å². The van der Waals surface area contributed by atoms with Crippen LogP contribution < -0.4 is 34.3 Å². The number of nitrogens with zero attached hydrogens (tertiary/aromatic N) is 2. The fourth-order valence-corrected chi connectivity index (χ4v) is 4.49. The van der Waals surface area contributed by atoms with E-state index in [2.05, 4.69) is 9.30 Å². The number of fused-ring (bicyclic) bond motifs is 2. The first-order valence-electron chi connectivity index (χ1n) is 9.62. The summed E-state index contributed by atoms with van der Waals surface area (Å²) in [5, 5.41) is 0. The van der Waals surface area contributed by atoms with Gasteiger partial charge in [0.2, 0.25) is 29.7 Å². The number of hydrogen-bond acceptors (Lipinski definition) is 5. The zero-order valence-corrected chi connectivity index (χ0v) is 21.1. The summed E-state index contributed by atoms with van der Waals surface area (Å²) < 4.78 is 96.8. The second-order valence-electron chi connectivity index (χ2n) is 7.59. The summed E-state index contributed by atoms with van der Waals surface area (Å²) in [5.41, 5.74) is 4.82. The van der Waals surface area contributed by atoms with Crippen molar-refractivity contribution in [2.75, 3.05) is 0 Å². The number of hydrogen-bond donors (Lipinski definition) is 0. The number of halogens is 4. The van der Waals surface area contributed by atoms with Gasteiger partial charge in [0.1, 0.15) is 15.0 Å². The third-order valence-electron chi connectivity index (χ3n) is 5.45. The van der Waals surface area contributed by atoms with Crippen LogP contribution in [0.4, 0.5) is 17.6 Å². The van der Waals surface area contributed by atoms with E-state index in [0.717, 1.165) is 22.6 Å². The Labute approximate surface area is 214 Å². The van der Waals surface area contributed by atoms with E-state index < -0.39 is 56.4 Å². The predicted octanol–water partition coefficient (Wildman–Crippen LogP) is 0.291. The summed E-state index contributed by atoms with van der Waals surface area (Å²) in [7, 11) is -5.85. The van der Waals surface area contributed by atoms with Crippen molar-refractivity contribution in [1.82, 2.24) is 4.57 Å². The fraction of sp³-hybridized carbons (Fsp3) is 0.238. The molecular formula is C21H16F4N2NaO5S+. The number of rotatable bonds is 5. The summed E-state index contributed by atoms with van der Waals surface area (Å²) in [5.74, 6) is -12.5. The smallest absolute Gasteiger partial charge is 0.744 e. The van der Waals surface area contributed by atoms with Crippen molar-refractivity contribution in [2.45, 2.75) is 38.3 Å². The van der Waals surface area contributed by atoms with Crippen LogP contribution in [0.1, 0.15) is 29.8 Å². The molecule has 0 saturated heterocycles. The van der Waals surface area contributed by atoms with Gasteiger partial charge in [-0.3, -0.25) is 9.36 Å². The number of ether oxygens (including phenoxy) is 1. The molecule has 1 aromatic carbocycles. The monoisotopic (exact) mass is 507 g/mol. The van der Waals surface area contributed by atoms with E-state index in [1.807, 2.05) is 36.6 Å². The van der Waals surface area contributed by atoms with Gasteiger partial charge in [-0.15, -0.1) is 0 Å². The molecule has 0 spiro atoms. The van der Waals surface area contributed by atoms with Crippen LogP contribution in [0.5, 0.6) is 5.75 Å². The van der Waals surface area contributed by atoms with Gasteiger partial charge in [-0.05, 0) is 25.5 Å². The predicted molar refractivity (Wildman–Crippen MR) is 105 cm³/mol. The number of allylic oxidation sites excluding steroid dienone is 2. The Morgan fingerprint density at radius 1 is 1.12 bits per heavy atom. The number of carbonyl (C=O) groups excluding carboxylic acids is 1. The maximum Gasteiger partial charge on any atom is 1.00 e. The standard InChI is InChI=1S/C21H16F4N2O5S.Na/c1-10-7-11(2)26-9-27-12(3-4-13(27)8-14(10)26)5-6-15(28)32-20-16(22)18(24)21(33(29,30)31)19(25)17(20)23;/h3-4,7-8H,5-6,9H2,1-2H3;/q;+1. The summed E-state index contributed by atoms with van der Waals surface area (Å²) >= 11 is 0. The van der Waals surface area contributed by atoms with E-state index in [1.54, 1.807) is 6.08 Å². The van der Waals surface area contributed by atoms with Gasteiger partial charge in [0.05, 0.1) is 12.1 Å². The molecule has 0 atom stereocenters. The topological polar surface area (TPSA) is 91.4 Å². The molecule has 2 aromatic rings. The molecule has 0 aliphatic carbocycles. The van der Waals surface area contributed by atoms with Crippen LogP contribution in [-0.2, 0) is 21.6 Å². The summed E-state index contributed by atoms with van der Waals surface area (Å²) in [6.07, 6.45) is 5.28. The molecule has 0 bridgehead atoms. The minimum atomic E-state index is -5.85. The molecule has 2 aliphatic heterocycles. The quantitative estimate of drug-likeness (QED) is 0.110. The zero-order chi connectivity index (χ0) is 24.2. The van der Waals surface area contributed by atoms with Crippen molar-refractivity contribution in [3.63, 3.8) is 0 Å². The van der Waals surface area contributed by atoms with Crippen molar-refractivity contribution >= 4 is 27.9 Å². The molecule has 7 nitrogen and oxygen atoms in total. The van der Waals surface area contributed by atoms with Gasteiger partial charge < -0.3 is 9.29 Å². The maximum atomic E-state index is 14.0. The summed E-state index contributed by atoms with van der Waals surface area (Å²) in [6.45, 7) is 4.44. The summed E-state index contributed by atoms with van der Waals surface area (Å²) in [6, 6.07) is 2.04. The van der Waals surface area contributed by atoms with E-state index in [4.69, 9.17) is 0 Å². The van der Waals surface area contributed by atoms with Gasteiger partial charge in [-0.1, -0.05) is 0 Å². The van der Waals surface area contributed by atoms with Gasteiger partial charge in [-0.2, -0.15) is 13.4 Å². The molecule has 3 heterocycles. The van der Waals surface area contributed by atoms with Crippen molar-refractivity contribution in [3.8, 4) is 5.75 Å². The Kier molecular flexibility index (Phi) is 7.30. The molecule has 2 aliphatic rings. The van der Waals surface area contributed by atoms with Crippen LogP contribution in [-0.4, -0.2) is 33.8 Å². The van der Waals surface area contributed by atoms with Crippen LogP contribution in [0.3, 0.4) is 0 Å². The van der Waals surface area contributed by atoms with E-state index in [0.29, 0.717) is 12.4 Å². The van der Waals surface area contributed by atoms with Crippen LogP contribution in [0.15, 0.2) is 28.8 Å². The van der Waals surface area contributed by atoms with Gasteiger partial charge in [0.15, 0.2) is 17.3 Å². The Morgan fingerprint density at radius 2 is 1.74 bits per heavy atom. The molecule has 0 radical (unpaired) electrons. The number of aryl methyl sites for hydroxylation is 2. The Balaban J connectivity index is 0.00000324. The third kappa shape index (κ3) is 4.52. The average molecular weight is 507 g/mol. The van der Waals surface area contributed by atoms with E-state index in [-0.39, 0.29) is 36.0 Å². The average Bonchev–Trinajstić information content (AvgIpc) is 3.26. The fourth-order valence-electron chi connectivity index (χ4n) is 3.87. The van der Waals surface area contributed by atoms with Crippen molar-refractivity contribution in [3.05, 3.63) is 64.1 Å². The molecule has 0 N–H and O–H groups in total. The van der Waals surface area contributed by atoms with E-state index in [9.17, 15) is 35.3 Å². The minimum Gasteiger partial charge on any atom is -0.744 e. The third-order valence-corrected chi connectivity index (χ3v) is 6.31. The molecule has 0 saturated carbocycles. The molecule has 0 unspecified atom stereocenters. The zero-order valence-electron chi connectivity index (χ0n) is 18.3. The van der Waals surface area contributed by atoms with Crippen molar-refractivity contribution < 1.29 is 74.2 Å². The molecule has 1 aromatic heterocycles. The second kappa shape index (κ2) is 9.42. The van der Waals surface area contributed by atoms with Gasteiger partial charge >= 0.3 is 35.5 Å². The number of esters is 1. The minimum absolute atomic E-state index is 0. The Morgan fingerprint density at radius 3 is 2.32 bits per heavy atom. The molecule has 34 heavy (non-hydrogen) atoms. The van der Waals surface area contributed by atoms with E-state index in [1.165, 1.54) is 0 Å². The van der Waals surface area contributed by atoms with Crippen LogP contribution in [0.25, 0.3) is 6.08 Å². The maximum absolute atomic E-state index is 14.0. The molecular weight excluding hydrogens is 491 g/mol. The van der Waals surface area contributed by atoms with Crippen LogP contribution in [0.2, 0.25) is 0 Å². The normalized spacial score (nSPS) is 14.5. The Bertz CT molecular complexity index is 1400. The van der Waals surface area contributed by atoms with Crippen molar-refractivity contribution in [2.24, 2.45) is 0 Å². The molecule has 174 valence electrons. The first kappa shape index (κ1) is 26.4. The van der Waals surface area contributed by atoms with Gasteiger partial charge in [-0.25, -0.2) is 17.2 Å². The Hall–Kier alpha value is -2.25. The summed E-state index contributed by atoms with van der Waals surface area (Å²) in [4.78, 5) is 9.82. The second-order valence-corrected chi connectivity index (χ2v) is 8.90. The van der Waals surface area contributed by atoms with Crippen LogP contribution in [0, 0.1) is 37.1 Å². The van der Waals surface area contributed by atoms with Gasteiger partial charge in [0.25, 0.3) is 0 Å². The molecule has 4 rings (SSSR count). The first-order valence-corrected chi connectivity index (χ1v) is 11.0. The van der Waals surface area contributed by atoms with Crippen molar-refractivity contribution in [1.29, 1.82) is 0 Å². The molecule has 0 fully saturated rings. The number of benzene rings is 1. The first-order chi connectivity index (χ1) is 15.4. The molecule has 0 amide bonds. The van der Waals surface area contributed by atoms with Crippen LogP contribution >= 0.6 is 0 Å². The van der Waals surface area contributed by atoms with E-state index >= 15 is 0 Å². The number of aromatic nitrogens is 1. The number of carbonyl (C=O) groups is 1. The molecule has 13 heteroatoms.